The van der Waals surface area contributed by atoms with Gasteiger partial charge in [-0.15, -0.1) is 0 Å². The van der Waals surface area contributed by atoms with E-state index in [0.717, 1.165) is 0 Å². The highest BCUT2D eigenvalue weighted by Gasteiger charge is 2.76. The van der Waals surface area contributed by atoms with Gasteiger partial charge in [0.15, 0.2) is 29.6 Å². The van der Waals surface area contributed by atoms with E-state index in [1.165, 1.54) is 26.2 Å². The summed E-state index contributed by atoms with van der Waals surface area (Å²) in [5, 5.41) is 91.2. The predicted molar refractivity (Wildman–Crippen MR) is 294 cm³/mol. The van der Waals surface area contributed by atoms with Crippen molar-refractivity contribution in [2.24, 2.45) is 46.3 Å². The van der Waals surface area contributed by atoms with Gasteiger partial charge in [0.25, 0.3) is 5.91 Å². The van der Waals surface area contributed by atoms with Gasteiger partial charge in [-0.05, 0) is 144 Å². The maximum atomic E-state index is 17.9. The second-order valence-electron chi connectivity index (χ2n) is 26.9. The van der Waals surface area contributed by atoms with Gasteiger partial charge >= 0.3 is 5.97 Å². The number of likely N-dealkylation sites (N-methyl/N-ethyl adjacent to an activating group) is 1. The van der Waals surface area contributed by atoms with Gasteiger partial charge in [0.2, 0.25) is 0 Å². The minimum atomic E-state index is -2.13. The molecular weight excluding hydrogens is 1040 g/mol. The number of esters is 1. The molecule has 6 fully saturated rings. The van der Waals surface area contributed by atoms with Crippen molar-refractivity contribution in [1.29, 1.82) is 0 Å². The summed E-state index contributed by atoms with van der Waals surface area (Å²) in [7, 11) is 3.22. The highest BCUT2D eigenvalue weighted by molar-refractivity contribution is 6.01. The van der Waals surface area contributed by atoms with Crippen LogP contribution in [0.1, 0.15) is 148 Å². The zero-order valence-corrected chi connectivity index (χ0v) is 50.3. The molecule has 9 N–H and O–H groups in total. The molecule has 7 aliphatic rings. The highest BCUT2D eigenvalue weighted by Crippen LogP contribution is 2.70. The van der Waals surface area contributed by atoms with Gasteiger partial charge in [-0.3, -0.25) is 19.3 Å². The fourth-order valence-electron chi connectivity index (χ4n) is 16.3. The summed E-state index contributed by atoms with van der Waals surface area (Å²) in [6.45, 7) is 23.0. The number of ether oxygens (including phenoxy) is 6. The zero-order valence-electron chi connectivity index (χ0n) is 50.3. The molecule has 0 bridgehead atoms. The summed E-state index contributed by atoms with van der Waals surface area (Å²) in [5.74, 6) is -5.72. The molecule has 2 unspecified atom stereocenters. The van der Waals surface area contributed by atoms with Crippen LogP contribution in [-0.4, -0.2) is 200 Å². The van der Waals surface area contributed by atoms with Crippen molar-refractivity contribution >= 4 is 17.7 Å². The second-order valence-corrected chi connectivity index (χ2v) is 26.9. The molecule has 0 aromatic rings. The second kappa shape index (κ2) is 24.1. The number of carbonyl (C=O) groups is 3. The Morgan fingerprint density at radius 1 is 0.900 bits per heavy atom. The molecule has 20 heteroatoms. The number of halogens is 1. The van der Waals surface area contributed by atoms with Crippen molar-refractivity contribution in [2.75, 3.05) is 33.8 Å². The lowest BCUT2D eigenvalue weighted by Crippen LogP contribution is -2.70. The van der Waals surface area contributed by atoms with Gasteiger partial charge < -0.3 is 74.8 Å². The Labute approximate surface area is 474 Å². The molecule has 4 aliphatic carbocycles. The molecule has 80 heavy (non-hydrogen) atoms. The monoisotopic (exact) mass is 1140 g/mol. The number of carbonyl (C=O) groups excluding carboxylic acids is 3. The van der Waals surface area contributed by atoms with E-state index in [-0.39, 0.29) is 63.1 Å². The number of aliphatic hydroxyl groups is 7. The topological polar surface area (TPSA) is 276 Å². The molecule has 0 aromatic heterocycles. The Morgan fingerprint density at radius 2 is 1.57 bits per heavy atom. The maximum Gasteiger partial charge on any atom is 0.311 e. The Kier molecular flexibility index (Phi) is 19.6. The maximum absolute atomic E-state index is 17.9. The van der Waals surface area contributed by atoms with Crippen LogP contribution >= 0.6 is 0 Å². The van der Waals surface area contributed by atoms with E-state index in [1.54, 1.807) is 82.4 Å². The molecule has 3 aliphatic heterocycles. The summed E-state index contributed by atoms with van der Waals surface area (Å²) in [5.41, 5.74) is -10.7. The fourth-order valence-corrected chi connectivity index (χ4v) is 16.3. The number of allylic oxidation sites excluding steroid dienone is 4. The Balaban J connectivity index is 1.15. The van der Waals surface area contributed by atoms with E-state index in [4.69, 9.17) is 28.4 Å². The van der Waals surface area contributed by atoms with Gasteiger partial charge in [-0.25, -0.2) is 4.39 Å². The van der Waals surface area contributed by atoms with Crippen LogP contribution in [0, 0.1) is 46.3 Å². The van der Waals surface area contributed by atoms with Gasteiger partial charge in [0.05, 0.1) is 47.6 Å². The van der Waals surface area contributed by atoms with Crippen molar-refractivity contribution in [3.8, 4) is 0 Å². The van der Waals surface area contributed by atoms with Crippen molar-refractivity contribution in [1.82, 2.24) is 15.5 Å². The van der Waals surface area contributed by atoms with E-state index >= 15 is 4.39 Å². The number of nitrogens with one attached hydrogen (secondary N) is 2. The van der Waals surface area contributed by atoms with E-state index in [1.807, 2.05) is 18.7 Å². The fraction of sp³-hybridized carbons (Fsp3) is 0.883. The molecule has 19 nitrogen and oxygen atoms in total. The van der Waals surface area contributed by atoms with Gasteiger partial charge in [0, 0.05) is 67.9 Å². The average molecular weight is 1140 g/mol. The number of alkyl halides is 1. The standard InChI is InChI=1S/C60H100FN3O16/c1-16-44-58(13,73)48(68)36(7)64(23-17-22-63-53(71)60(74)32(3)24-41-40-19-18-38-26-39(65)20-21-54(38,9)59(40,61)43(66)28-55(41,60)10)30-31(2)27-56(11,72)50(80-52-46(67)42(62-14)25-33(4)76-52)34(5)47(35(6)51(70)78-44)79-45-29-57(12,75-15)49(69)37(8)77-45/h20-21,26,31-37,40-50,52,62,66-69,72-74H,16-19,22-25,27-30H2,1-15H3,(H,63,71)/t31-,32-,33-,34+,35-,36-,37+,40?,41?,42+,43+,44-,45+,46-,47+,48-,49+,50-,52+,54+,55+,56-,57-,58-,59+,60+/m1/s1. The number of aliphatic hydroxyl groups excluding tert-OH is 4. The number of amides is 1. The third-order valence-electron chi connectivity index (χ3n) is 21.2. The highest BCUT2D eigenvalue weighted by atomic mass is 19.1. The SMILES string of the molecule is CC[C@H]1OC(=O)[C@H](C)[C@@H](O[C@H]2C[C@@](C)(OC)[C@@H](O)[C@H](C)O2)[C@H](C)[C@@H](O[C@@H]2O[C@H](C)C[C@H](NC)[C@H]2O)[C@](C)(O)C[C@@H](C)CN(CCCNC(=O)[C@@]2(O)[C@H](C)CC3C4CCC5=CC(=O)C=C[C@]5(C)[C@@]4(F)[C@@H](O)C[C@@]32C)[C@H](C)[C@@H](O)[C@]1(C)O. The van der Waals surface area contributed by atoms with Crippen molar-refractivity contribution in [3.05, 3.63) is 23.8 Å². The van der Waals surface area contributed by atoms with Crippen LogP contribution in [0.25, 0.3) is 0 Å². The summed E-state index contributed by atoms with van der Waals surface area (Å²) >= 11 is 0. The van der Waals surface area contributed by atoms with Crippen LogP contribution in [0.3, 0.4) is 0 Å². The molecular formula is C60H100FN3O16. The number of ketones is 1. The molecule has 7 rings (SSSR count). The number of hydrogen-bond donors (Lipinski definition) is 9. The molecule has 458 valence electrons. The third-order valence-corrected chi connectivity index (χ3v) is 21.2. The Bertz CT molecular complexity index is 2270. The molecule has 3 saturated carbocycles. The first-order valence-corrected chi connectivity index (χ1v) is 29.7. The van der Waals surface area contributed by atoms with Crippen molar-refractivity contribution in [3.63, 3.8) is 0 Å². The number of fused-ring (bicyclic) bond motifs is 5. The van der Waals surface area contributed by atoms with Crippen molar-refractivity contribution < 1.29 is 82.9 Å². The Morgan fingerprint density at radius 3 is 2.21 bits per heavy atom. The van der Waals surface area contributed by atoms with Gasteiger partial charge in [0.1, 0.15) is 30.0 Å². The summed E-state index contributed by atoms with van der Waals surface area (Å²) < 4.78 is 56.0. The van der Waals surface area contributed by atoms with Crippen LogP contribution in [0.2, 0.25) is 0 Å². The molecule has 0 spiro atoms. The first kappa shape index (κ1) is 65.0. The molecule has 0 aromatic carbocycles. The Hall–Kier alpha value is -2.54. The van der Waals surface area contributed by atoms with Crippen LogP contribution in [-0.2, 0) is 42.8 Å². The molecule has 3 saturated heterocycles. The van der Waals surface area contributed by atoms with Crippen LogP contribution < -0.4 is 10.6 Å². The minimum Gasteiger partial charge on any atom is -0.459 e. The largest absolute Gasteiger partial charge is 0.459 e. The van der Waals surface area contributed by atoms with Gasteiger partial charge in [-0.2, -0.15) is 0 Å². The quantitative estimate of drug-likeness (QED) is 0.0994. The smallest absolute Gasteiger partial charge is 0.311 e. The number of rotatable bonds is 12. The minimum absolute atomic E-state index is 0.0636. The first-order valence-electron chi connectivity index (χ1n) is 29.7. The lowest BCUT2D eigenvalue weighted by Gasteiger charge is -2.62. The lowest BCUT2D eigenvalue weighted by atomic mass is 9.44. The molecule has 1 amide bonds. The number of cyclic esters (lactones) is 1. The van der Waals surface area contributed by atoms with Crippen LogP contribution in [0.4, 0.5) is 4.39 Å². The van der Waals surface area contributed by atoms with E-state index in [2.05, 4.69) is 10.6 Å². The summed E-state index contributed by atoms with van der Waals surface area (Å²) in [6.07, 6.45) is -5.68. The van der Waals surface area contributed by atoms with Gasteiger partial charge in [-0.1, -0.05) is 46.3 Å². The number of hydrogen-bond acceptors (Lipinski definition) is 18. The van der Waals surface area contributed by atoms with E-state index in [9.17, 15) is 50.1 Å². The van der Waals surface area contributed by atoms with Crippen LogP contribution in [0.5, 0.6) is 0 Å². The van der Waals surface area contributed by atoms with Crippen LogP contribution in [0.15, 0.2) is 23.8 Å². The summed E-state index contributed by atoms with van der Waals surface area (Å²) in [6, 6.07) is -1.22. The van der Waals surface area contributed by atoms with Crippen molar-refractivity contribution in [2.45, 2.75) is 255 Å². The summed E-state index contributed by atoms with van der Waals surface area (Å²) in [4.78, 5) is 43.6. The van der Waals surface area contributed by atoms with E-state index < -0.39 is 154 Å². The normalized spacial score (nSPS) is 50.7. The third kappa shape index (κ3) is 11.4. The average Bonchev–Trinajstić information content (AvgIpc) is 3.85. The number of methoxy groups -OCH3 is 1. The molecule has 3 heterocycles. The molecule has 26 atom stereocenters. The first-order chi connectivity index (χ1) is 37.1. The van der Waals surface area contributed by atoms with E-state index in [0.29, 0.717) is 37.7 Å². The lowest BCUT2D eigenvalue weighted by molar-refractivity contribution is -0.316. The number of nitrogens with zero attached hydrogens (tertiary/aromatic N) is 1. The molecule has 0 radical (unpaired) electrons. The zero-order chi connectivity index (χ0) is 59.6. The predicted octanol–water partition coefficient (Wildman–Crippen LogP) is 3.78.